The molecule has 1 saturated heterocycles. The Morgan fingerprint density at radius 2 is 2.04 bits per heavy atom. The highest BCUT2D eigenvalue weighted by Gasteiger charge is 2.14. The molecule has 0 aliphatic carbocycles. The zero-order chi connectivity index (χ0) is 16.1. The molecule has 0 radical (unpaired) electrons. The van der Waals surface area contributed by atoms with Gasteiger partial charge in [0.25, 0.3) is 5.91 Å². The van der Waals surface area contributed by atoms with Crippen LogP contribution < -0.4 is 11.1 Å². The number of hydrogen-bond acceptors (Lipinski definition) is 6. The number of carbonyl (C=O) groups excluding carboxylic acids is 1. The van der Waals surface area contributed by atoms with Gasteiger partial charge in [-0.25, -0.2) is 4.98 Å². The second-order valence-corrected chi connectivity index (χ2v) is 6.25. The molecule has 0 spiro atoms. The molecular formula is C16H20N4O2S. The molecule has 6 nitrogen and oxygen atoms in total. The number of anilines is 1. The van der Waals surface area contributed by atoms with Crippen LogP contribution >= 0.6 is 11.3 Å². The van der Waals surface area contributed by atoms with Gasteiger partial charge >= 0.3 is 0 Å². The van der Waals surface area contributed by atoms with Crippen LogP contribution in [0.15, 0.2) is 29.6 Å². The average Bonchev–Trinajstić information content (AvgIpc) is 3.02. The lowest BCUT2D eigenvalue weighted by Crippen LogP contribution is -2.35. The highest BCUT2D eigenvalue weighted by molar-refractivity contribution is 7.13. The normalized spacial score (nSPS) is 15.5. The summed E-state index contributed by atoms with van der Waals surface area (Å²) >= 11 is 1.45. The molecule has 1 fully saturated rings. The molecule has 23 heavy (non-hydrogen) atoms. The van der Waals surface area contributed by atoms with Crippen LogP contribution in [0.3, 0.4) is 0 Å². The quantitative estimate of drug-likeness (QED) is 0.871. The minimum absolute atomic E-state index is 0.152. The third-order valence-electron chi connectivity index (χ3n) is 3.71. The van der Waals surface area contributed by atoms with E-state index in [-0.39, 0.29) is 5.91 Å². The van der Waals surface area contributed by atoms with Crippen LogP contribution in [0, 0.1) is 0 Å². The first-order chi connectivity index (χ1) is 11.2. The standard InChI is InChI=1S/C16H20N4O2S/c17-9-12-1-3-13(4-2-12)15(21)19-16-18-14(11-23-16)10-20-5-7-22-8-6-20/h1-4,11H,5-10,17H2,(H,18,19,21). The lowest BCUT2D eigenvalue weighted by molar-refractivity contribution is 0.0337. The summed E-state index contributed by atoms with van der Waals surface area (Å²) in [6.45, 7) is 4.65. The monoisotopic (exact) mass is 332 g/mol. The molecule has 0 bridgehead atoms. The van der Waals surface area contributed by atoms with Gasteiger partial charge in [0.05, 0.1) is 18.9 Å². The Bertz CT molecular complexity index is 650. The maximum Gasteiger partial charge on any atom is 0.257 e. The van der Waals surface area contributed by atoms with E-state index < -0.39 is 0 Å². The third kappa shape index (κ3) is 4.35. The van der Waals surface area contributed by atoms with Crippen molar-refractivity contribution in [3.63, 3.8) is 0 Å². The molecule has 1 amide bonds. The molecule has 1 aromatic carbocycles. The summed E-state index contributed by atoms with van der Waals surface area (Å²) in [6, 6.07) is 7.28. The molecular weight excluding hydrogens is 312 g/mol. The molecule has 7 heteroatoms. The number of aromatic nitrogens is 1. The number of morpholine rings is 1. The minimum atomic E-state index is -0.152. The lowest BCUT2D eigenvalue weighted by atomic mass is 10.1. The van der Waals surface area contributed by atoms with Crippen LogP contribution in [-0.4, -0.2) is 42.1 Å². The van der Waals surface area contributed by atoms with Gasteiger partial charge in [-0.05, 0) is 17.7 Å². The summed E-state index contributed by atoms with van der Waals surface area (Å²) in [6.07, 6.45) is 0. The second-order valence-electron chi connectivity index (χ2n) is 5.39. The highest BCUT2D eigenvalue weighted by Crippen LogP contribution is 2.18. The Morgan fingerprint density at radius 1 is 1.30 bits per heavy atom. The maximum absolute atomic E-state index is 12.2. The van der Waals surface area contributed by atoms with Crippen molar-refractivity contribution in [1.29, 1.82) is 0 Å². The largest absolute Gasteiger partial charge is 0.379 e. The number of ether oxygens (including phenoxy) is 1. The zero-order valence-corrected chi connectivity index (χ0v) is 13.6. The SMILES string of the molecule is NCc1ccc(C(=O)Nc2nc(CN3CCOCC3)cs2)cc1. The van der Waals surface area contributed by atoms with E-state index in [0.29, 0.717) is 17.2 Å². The predicted molar refractivity (Wildman–Crippen MR) is 90.5 cm³/mol. The number of rotatable bonds is 5. The van der Waals surface area contributed by atoms with Crippen LogP contribution in [0.4, 0.5) is 5.13 Å². The summed E-state index contributed by atoms with van der Waals surface area (Å²) < 4.78 is 5.34. The number of nitrogens with zero attached hydrogens (tertiary/aromatic N) is 2. The number of nitrogens with two attached hydrogens (primary N) is 1. The Morgan fingerprint density at radius 3 is 2.74 bits per heavy atom. The number of nitrogens with one attached hydrogen (secondary N) is 1. The van der Waals surface area contributed by atoms with Crippen LogP contribution in [0.5, 0.6) is 0 Å². The van der Waals surface area contributed by atoms with Crippen LogP contribution in [0.25, 0.3) is 0 Å². The molecule has 3 rings (SSSR count). The van der Waals surface area contributed by atoms with E-state index >= 15 is 0 Å². The molecule has 0 unspecified atom stereocenters. The number of benzene rings is 1. The van der Waals surface area contributed by atoms with Crippen molar-refractivity contribution < 1.29 is 9.53 Å². The van der Waals surface area contributed by atoms with Crippen LogP contribution in [0.1, 0.15) is 21.6 Å². The van der Waals surface area contributed by atoms with Gasteiger partial charge in [0.1, 0.15) is 0 Å². The molecule has 1 aromatic heterocycles. The number of thiazole rings is 1. The van der Waals surface area contributed by atoms with Gasteiger partial charge in [-0.2, -0.15) is 0 Å². The van der Waals surface area contributed by atoms with Crippen molar-refractivity contribution >= 4 is 22.4 Å². The topological polar surface area (TPSA) is 80.5 Å². The molecule has 3 N–H and O–H groups in total. The van der Waals surface area contributed by atoms with E-state index in [4.69, 9.17) is 10.5 Å². The maximum atomic E-state index is 12.2. The van der Waals surface area contributed by atoms with Crippen molar-refractivity contribution in [3.8, 4) is 0 Å². The van der Waals surface area contributed by atoms with Gasteiger partial charge in [-0.3, -0.25) is 15.0 Å². The van der Waals surface area contributed by atoms with Gasteiger partial charge in [0, 0.05) is 37.1 Å². The van der Waals surface area contributed by atoms with Crippen molar-refractivity contribution in [2.75, 3.05) is 31.6 Å². The van der Waals surface area contributed by atoms with Gasteiger partial charge < -0.3 is 10.5 Å². The van der Waals surface area contributed by atoms with Gasteiger partial charge in [-0.1, -0.05) is 12.1 Å². The molecule has 1 aliphatic heterocycles. The van der Waals surface area contributed by atoms with Crippen molar-refractivity contribution in [2.24, 2.45) is 5.73 Å². The number of hydrogen-bond donors (Lipinski definition) is 2. The zero-order valence-electron chi connectivity index (χ0n) is 12.8. The first-order valence-corrected chi connectivity index (χ1v) is 8.47. The number of carbonyl (C=O) groups is 1. The molecule has 0 atom stereocenters. The average molecular weight is 332 g/mol. The van der Waals surface area contributed by atoms with E-state index in [1.165, 1.54) is 11.3 Å². The molecule has 2 aromatic rings. The number of amides is 1. The first kappa shape index (κ1) is 16.1. The summed E-state index contributed by atoms with van der Waals surface area (Å²) in [5.41, 5.74) is 8.14. The third-order valence-corrected chi connectivity index (χ3v) is 4.52. The smallest absolute Gasteiger partial charge is 0.257 e. The Labute approximate surface area is 139 Å². The van der Waals surface area contributed by atoms with E-state index in [2.05, 4.69) is 15.2 Å². The fraction of sp³-hybridized carbons (Fsp3) is 0.375. The van der Waals surface area contributed by atoms with Gasteiger partial charge in [0.15, 0.2) is 5.13 Å². The van der Waals surface area contributed by atoms with E-state index in [9.17, 15) is 4.79 Å². The second kappa shape index (κ2) is 7.65. The molecule has 0 saturated carbocycles. The first-order valence-electron chi connectivity index (χ1n) is 7.59. The Kier molecular flexibility index (Phi) is 5.35. The van der Waals surface area contributed by atoms with E-state index in [1.54, 1.807) is 12.1 Å². The fourth-order valence-corrected chi connectivity index (χ4v) is 3.08. The fourth-order valence-electron chi connectivity index (χ4n) is 2.39. The summed E-state index contributed by atoms with van der Waals surface area (Å²) in [5.74, 6) is -0.152. The Balaban J connectivity index is 1.58. The van der Waals surface area contributed by atoms with Crippen molar-refractivity contribution in [3.05, 3.63) is 46.5 Å². The van der Waals surface area contributed by atoms with Crippen LogP contribution in [-0.2, 0) is 17.8 Å². The highest BCUT2D eigenvalue weighted by atomic mass is 32.1. The molecule has 2 heterocycles. The molecule has 1 aliphatic rings. The van der Waals surface area contributed by atoms with Gasteiger partial charge in [0.2, 0.25) is 0 Å². The minimum Gasteiger partial charge on any atom is -0.379 e. The van der Waals surface area contributed by atoms with E-state index in [1.807, 2.05) is 17.5 Å². The van der Waals surface area contributed by atoms with Gasteiger partial charge in [-0.15, -0.1) is 11.3 Å². The summed E-state index contributed by atoms with van der Waals surface area (Å²) in [5, 5.41) is 5.46. The Hall–Kier alpha value is -1.80. The predicted octanol–water partition coefficient (Wildman–Crippen LogP) is 1.69. The van der Waals surface area contributed by atoms with E-state index in [0.717, 1.165) is 44.1 Å². The van der Waals surface area contributed by atoms with Crippen molar-refractivity contribution in [2.45, 2.75) is 13.1 Å². The van der Waals surface area contributed by atoms with Crippen molar-refractivity contribution in [1.82, 2.24) is 9.88 Å². The van der Waals surface area contributed by atoms with Crippen LogP contribution in [0.2, 0.25) is 0 Å². The summed E-state index contributed by atoms with van der Waals surface area (Å²) in [4.78, 5) is 19.0. The lowest BCUT2D eigenvalue weighted by Gasteiger charge is -2.25. The summed E-state index contributed by atoms with van der Waals surface area (Å²) in [7, 11) is 0. The molecule has 122 valence electrons.